The van der Waals surface area contributed by atoms with E-state index in [1.165, 1.54) is 57.8 Å². The molecule has 32 heavy (non-hydrogen) atoms. The topological polar surface area (TPSA) is 37.3 Å². The highest BCUT2D eigenvalue weighted by molar-refractivity contribution is 5.75. The van der Waals surface area contributed by atoms with Crippen LogP contribution in [0, 0.1) is 58.2 Å². The Balaban J connectivity index is 1.47. The minimum Gasteiger partial charge on any atom is -0.393 e. The van der Waals surface area contributed by atoms with Gasteiger partial charge in [0.2, 0.25) is 0 Å². The van der Waals surface area contributed by atoms with Crippen molar-refractivity contribution in [1.82, 2.24) is 0 Å². The first-order valence-corrected chi connectivity index (χ1v) is 14.2. The van der Waals surface area contributed by atoms with Gasteiger partial charge in [-0.3, -0.25) is 0 Å². The molecule has 10 atom stereocenters. The molecule has 0 aliphatic heterocycles. The molecule has 4 rings (SSSR count). The molecule has 2 heteroatoms. The van der Waals surface area contributed by atoms with Gasteiger partial charge >= 0.3 is 0 Å². The summed E-state index contributed by atoms with van der Waals surface area (Å²) in [5.74, 6) is 6.15. The van der Waals surface area contributed by atoms with Crippen LogP contribution >= 0.6 is 0 Å². The minimum atomic E-state index is -0.152. The Morgan fingerprint density at radius 1 is 0.906 bits per heavy atom. The van der Waals surface area contributed by atoms with Gasteiger partial charge in [0.05, 0.1) is 6.10 Å². The lowest BCUT2D eigenvalue weighted by Gasteiger charge is -2.62. The maximum Gasteiger partial charge on any atom is 0.130 e. The maximum absolute atomic E-state index is 11.7. The van der Waals surface area contributed by atoms with E-state index in [1.54, 1.807) is 6.92 Å². The molecule has 4 saturated carbocycles. The first-order chi connectivity index (χ1) is 15.1. The molecule has 0 radical (unpaired) electrons. The normalized spacial score (nSPS) is 46.9. The molecule has 4 aliphatic rings. The van der Waals surface area contributed by atoms with Crippen LogP contribution in [0.5, 0.6) is 0 Å². The third-order valence-electron chi connectivity index (χ3n) is 11.6. The molecule has 1 N–H and O–H groups in total. The van der Waals surface area contributed by atoms with Crippen LogP contribution in [0.2, 0.25) is 0 Å². The Labute approximate surface area is 198 Å². The van der Waals surface area contributed by atoms with Crippen molar-refractivity contribution >= 4 is 5.78 Å². The number of rotatable bonds is 7. The van der Waals surface area contributed by atoms with Crippen molar-refractivity contribution in [3.05, 3.63) is 0 Å². The van der Waals surface area contributed by atoms with Gasteiger partial charge in [0.15, 0.2) is 0 Å². The molecule has 0 aromatic rings. The van der Waals surface area contributed by atoms with Crippen LogP contribution in [0.4, 0.5) is 0 Å². The molecule has 4 fully saturated rings. The highest BCUT2D eigenvalue weighted by Crippen LogP contribution is 2.68. The van der Waals surface area contributed by atoms with E-state index in [1.807, 2.05) is 0 Å². The lowest BCUT2D eigenvalue weighted by atomic mass is 9.43. The lowest BCUT2D eigenvalue weighted by molar-refractivity contribution is -0.166. The predicted molar refractivity (Wildman–Crippen MR) is 133 cm³/mol. The van der Waals surface area contributed by atoms with E-state index in [9.17, 15) is 9.90 Å². The van der Waals surface area contributed by atoms with Gasteiger partial charge in [-0.05, 0) is 116 Å². The third-order valence-corrected chi connectivity index (χ3v) is 11.6. The van der Waals surface area contributed by atoms with Crippen LogP contribution in [-0.4, -0.2) is 17.0 Å². The number of aliphatic hydroxyl groups is 1. The van der Waals surface area contributed by atoms with E-state index < -0.39 is 0 Å². The summed E-state index contributed by atoms with van der Waals surface area (Å²) >= 11 is 0. The number of hydrogen-bond donors (Lipinski definition) is 1. The predicted octanol–water partition coefficient (Wildman–Crippen LogP) is 7.67. The highest BCUT2D eigenvalue weighted by atomic mass is 16.3. The zero-order valence-corrected chi connectivity index (χ0v) is 22.0. The van der Waals surface area contributed by atoms with E-state index in [4.69, 9.17) is 0 Å². The van der Waals surface area contributed by atoms with E-state index in [0.29, 0.717) is 23.0 Å². The number of fused-ring (bicyclic) bond motifs is 5. The van der Waals surface area contributed by atoms with Crippen molar-refractivity contribution in [1.29, 1.82) is 0 Å². The number of ketones is 1. The molecule has 0 heterocycles. The Bertz CT molecular complexity index is 670. The van der Waals surface area contributed by atoms with Crippen LogP contribution < -0.4 is 0 Å². The van der Waals surface area contributed by atoms with Crippen molar-refractivity contribution < 1.29 is 9.90 Å². The summed E-state index contributed by atoms with van der Waals surface area (Å²) in [6.07, 6.45) is 14.9. The molecule has 0 aromatic carbocycles. The van der Waals surface area contributed by atoms with Gasteiger partial charge < -0.3 is 9.90 Å². The van der Waals surface area contributed by atoms with E-state index in [0.717, 1.165) is 54.8 Å². The molecule has 0 spiro atoms. The summed E-state index contributed by atoms with van der Waals surface area (Å²) in [5.41, 5.74) is 0.783. The molecule has 0 saturated heterocycles. The molecular weight excluding hydrogens is 392 g/mol. The summed E-state index contributed by atoms with van der Waals surface area (Å²) in [6, 6.07) is 0. The van der Waals surface area contributed by atoms with Gasteiger partial charge in [-0.1, -0.05) is 53.9 Å². The zero-order chi connectivity index (χ0) is 23.3. The average molecular weight is 445 g/mol. The summed E-state index contributed by atoms with van der Waals surface area (Å²) in [5, 5.41) is 11.4. The first-order valence-electron chi connectivity index (χ1n) is 14.2. The number of aliphatic hydroxyl groups excluding tert-OH is 1. The van der Waals surface area contributed by atoms with Crippen molar-refractivity contribution in [2.24, 2.45) is 58.2 Å². The second kappa shape index (κ2) is 9.35. The second-order valence-electron chi connectivity index (χ2n) is 13.9. The standard InChI is InChI=1S/C30H52O2/c1-19(2)8-7-9-20(3)24-10-11-25-23-18-28(32)27-17-22(16-21(4)31)12-14-30(27,6)26(23)13-15-29(24,25)5/h19-20,22-28,32H,7-18H2,1-6H3/t20-,22-,23+,24-,25+,26+,27?,28-,29-,30-/m1/s1. The third kappa shape index (κ3) is 4.36. The van der Waals surface area contributed by atoms with Crippen molar-refractivity contribution in [3.63, 3.8) is 0 Å². The van der Waals surface area contributed by atoms with E-state index >= 15 is 0 Å². The summed E-state index contributed by atoms with van der Waals surface area (Å²) in [7, 11) is 0. The van der Waals surface area contributed by atoms with Gasteiger partial charge in [0.25, 0.3) is 0 Å². The van der Waals surface area contributed by atoms with Crippen LogP contribution in [0.1, 0.15) is 119 Å². The van der Waals surface area contributed by atoms with Crippen LogP contribution in [0.25, 0.3) is 0 Å². The monoisotopic (exact) mass is 444 g/mol. The fourth-order valence-corrected chi connectivity index (χ4v) is 10.00. The zero-order valence-electron chi connectivity index (χ0n) is 22.0. The first kappa shape index (κ1) is 24.7. The van der Waals surface area contributed by atoms with Crippen molar-refractivity contribution in [2.75, 3.05) is 0 Å². The van der Waals surface area contributed by atoms with Gasteiger partial charge in [-0.25, -0.2) is 0 Å². The molecular formula is C30H52O2. The summed E-state index contributed by atoms with van der Waals surface area (Å²) in [6.45, 7) is 14.2. The molecule has 0 amide bonds. The van der Waals surface area contributed by atoms with Crippen molar-refractivity contribution in [2.45, 2.75) is 125 Å². The average Bonchev–Trinajstić information content (AvgIpc) is 3.06. The summed E-state index contributed by atoms with van der Waals surface area (Å²) < 4.78 is 0. The Morgan fingerprint density at radius 2 is 1.59 bits per heavy atom. The highest BCUT2D eigenvalue weighted by Gasteiger charge is 2.62. The maximum atomic E-state index is 11.7. The van der Waals surface area contributed by atoms with Gasteiger partial charge in [-0.15, -0.1) is 0 Å². The molecule has 0 bridgehead atoms. The quantitative estimate of drug-likeness (QED) is 0.437. The fourth-order valence-electron chi connectivity index (χ4n) is 10.00. The minimum absolute atomic E-state index is 0.152. The largest absolute Gasteiger partial charge is 0.393 e. The Morgan fingerprint density at radius 3 is 2.28 bits per heavy atom. The van der Waals surface area contributed by atoms with Gasteiger partial charge in [0, 0.05) is 6.42 Å². The number of Topliss-reactive ketones (excluding diaryl/α,β-unsaturated/α-hetero) is 1. The van der Waals surface area contributed by atoms with E-state index in [-0.39, 0.29) is 11.5 Å². The van der Waals surface area contributed by atoms with Crippen LogP contribution in [0.3, 0.4) is 0 Å². The van der Waals surface area contributed by atoms with Gasteiger partial charge in [0.1, 0.15) is 5.78 Å². The van der Waals surface area contributed by atoms with Crippen molar-refractivity contribution in [3.8, 4) is 0 Å². The second-order valence-corrected chi connectivity index (χ2v) is 13.9. The molecule has 2 nitrogen and oxygen atoms in total. The lowest BCUT2D eigenvalue weighted by Crippen LogP contribution is -2.58. The summed E-state index contributed by atoms with van der Waals surface area (Å²) in [4.78, 5) is 11.7. The molecule has 0 aromatic heterocycles. The SMILES string of the molecule is CC(=O)C[C@H]1CC[C@@]2(C)C(C1)[C@H](O)C[C@H]1[C@@H]3CC[C@H]([C@H](C)CCCC(C)C)[C@@]3(C)CC[C@@H]12. The smallest absolute Gasteiger partial charge is 0.130 e. The Hall–Kier alpha value is -0.370. The number of carbonyl (C=O) groups excluding carboxylic acids is 1. The van der Waals surface area contributed by atoms with E-state index in [2.05, 4.69) is 34.6 Å². The van der Waals surface area contributed by atoms with Crippen LogP contribution in [0.15, 0.2) is 0 Å². The molecule has 4 aliphatic carbocycles. The fraction of sp³-hybridized carbons (Fsp3) is 0.967. The molecule has 184 valence electrons. The molecule has 1 unspecified atom stereocenters. The van der Waals surface area contributed by atoms with Gasteiger partial charge in [-0.2, -0.15) is 0 Å². The van der Waals surface area contributed by atoms with Crippen LogP contribution in [-0.2, 0) is 4.79 Å². The Kier molecular flexibility index (Phi) is 7.23. The number of carbonyl (C=O) groups is 1. The number of hydrogen-bond acceptors (Lipinski definition) is 2.